The maximum Gasteiger partial charge on any atom is 0.336 e. The van der Waals surface area contributed by atoms with E-state index in [1.165, 1.54) is 13.2 Å². The topological polar surface area (TPSA) is 87.4 Å². The molecule has 3 unspecified atom stereocenters. The van der Waals surface area contributed by atoms with Crippen LogP contribution in [0.1, 0.15) is 20.3 Å². The molecule has 24 heavy (non-hydrogen) atoms. The molecule has 1 aliphatic rings. The third-order valence-electron chi connectivity index (χ3n) is 3.85. The Labute approximate surface area is 138 Å². The van der Waals surface area contributed by atoms with Crippen molar-refractivity contribution in [3.05, 3.63) is 40.8 Å². The molecular weight excluding hydrogens is 316 g/mol. The molecule has 1 aromatic carbocycles. The molecule has 1 aromatic heterocycles. The van der Waals surface area contributed by atoms with E-state index in [2.05, 4.69) is 0 Å². The Kier molecular flexibility index (Phi) is 4.60. The largest absolute Gasteiger partial charge is 0.462 e. The first kappa shape index (κ1) is 16.9. The van der Waals surface area contributed by atoms with E-state index in [1.807, 2.05) is 13.8 Å². The summed E-state index contributed by atoms with van der Waals surface area (Å²) in [5.41, 5.74) is -0.499. The summed E-state index contributed by atoms with van der Waals surface area (Å²) in [6.45, 7) is 3.77. The van der Waals surface area contributed by atoms with Crippen molar-refractivity contribution in [1.29, 1.82) is 0 Å². The van der Waals surface area contributed by atoms with E-state index in [0.29, 0.717) is 23.1 Å². The van der Waals surface area contributed by atoms with Crippen molar-refractivity contribution in [2.24, 2.45) is 0 Å². The zero-order chi connectivity index (χ0) is 17.3. The lowest BCUT2D eigenvalue weighted by molar-refractivity contribution is -0.366. The van der Waals surface area contributed by atoms with Gasteiger partial charge >= 0.3 is 5.63 Å². The van der Waals surface area contributed by atoms with Crippen molar-refractivity contribution in [2.45, 2.75) is 44.4 Å². The fourth-order valence-electron chi connectivity index (χ4n) is 2.78. The van der Waals surface area contributed by atoms with Gasteiger partial charge in [-0.3, -0.25) is 0 Å². The Morgan fingerprint density at radius 1 is 1.25 bits per heavy atom. The van der Waals surface area contributed by atoms with Crippen LogP contribution in [0, 0.1) is 0 Å². The van der Waals surface area contributed by atoms with Gasteiger partial charge in [0.25, 0.3) is 0 Å². The summed E-state index contributed by atoms with van der Waals surface area (Å²) in [5, 5.41) is 11.1. The molecule has 3 atom stereocenters. The van der Waals surface area contributed by atoms with Crippen LogP contribution in [-0.4, -0.2) is 36.3 Å². The summed E-state index contributed by atoms with van der Waals surface area (Å²) in [6.07, 6.45) is -2.03. The molecule has 2 heterocycles. The van der Waals surface area contributed by atoms with Gasteiger partial charge in [-0.1, -0.05) is 0 Å². The highest BCUT2D eigenvalue weighted by Crippen LogP contribution is 2.32. The van der Waals surface area contributed by atoms with E-state index in [0.717, 1.165) is 0 Å². The number of benzene rings is 1. The maximum atomic E-state index is 11.2. The third kappa shape index (κ3) is 3.59. The van der Waals surface area contributed by atoms with E-state index in [4.69, 9.17) is 23.7 Å². The van der Waals surface area contributed by atoms with E-state index in [1.54, 1.807) is 24.3 Å². The molecule has 7 heteroatoms. The quantitative estimate of drug-likeness (QED) is 0.519. The maximum absolute atomic E-state index is 11.2. The predicted molar refractivity (Wildman–Crippen MR) is 84.6 cm³/mol. The first-order valence-corrected chi connectivity index (χ1v) is 7.64. The van der Waals surface area contributed by atoms with Gasteiger partial charge in [-0.2, -0.15) is 0 Å². The van der Waals surface area contributed by atoms with Crippen molar-refractivity contribution in [3.8, 4) is 5.75 Å². The fraction of sp³-hybridized carbons (Fsp3) is 0.471. The lowest BCUT2D eigenvalue weighted by Crippen LogP contribution is -2.55. The molecule has 1 saturated heterocycles. The second-order valence-electron chi connectivity index (χ2n) is 6.31. The highest BCUT2D eigenvalue weighted by Gasteiger charge is 2.44. The van der Waals surface area contributed by atoms with Crippen molar-refractivity contribution < 1.29 is 28.8 Å². The molecule has 0 aliphatic carbocycles. The molecule has 1 N–H and O–H groups in total. The minimum absolute atomic E-state index is 0.413. The van der Waals surface area contributed by atoms with Gasteiger partial charge in [0.1, 0.15) is 23.5 Å². The SMILES string of the molecule is COOC1CC(C)(C)OC(Oc2ccc3oc(=O)ccc3c2)C1O. The summed E-state index contributed by atoms with van der Waals surface area (Å²) >= 11 is 0. The van der Waals surface area contributed by atoms with Gasteiger partial charge in [-0.25, -0.2) is 14.6 Å². The molecule has 0 bridgehead atoms. The summed E-state index contributed by atoms with van der Waals surface area (Å²) in [4.78, 5) is 21.0. The lowest BCUT2D eigenvalue weighted by atomic mass is 9.93. The van der Waals surface area contributed by atoms with Crippen LogP contribution in [0.2, 0.25) is 0 Å². The minimum Gasteiger partial charge on any atom is -0.462 e. The molecule has 0 spiro atoms. The van der Waals surface area contributed by atoms with Crippen LogP contribution >= 0.6 is 0 Å². The van der Waals surface area contributed by atoms with Crippen LogP contribution in [0.4, 0.5) is 0 Å². The van der Waals surface area contributed by atoms with Crippen molar-refractivity contribution in [3.63, 3.8) is 0 Å². The molecule has 2 aromatic rings. The molecule has 1 fully saturated rings. The van der Waals surface area contributed by atoms with Gasteiger partial charge < -0.3 is 19.0 Å². The zero-order valence-corrected chi connectivity index (χ0v) is 13.7. The molecule has 0 amide bonds. The predicted octanol–water partition coefficient (Wildman–Crippen LogP) is 2.00. The Balaban J connectivity index is 1.83. The Morgan fingerprint density at radius 2 is 2.04 bits per heavy atom. The Hall–Kier alpha value is -1.93. The van der Waals surface area contributed by atoms with Crippen LogP contribution in [0.5, 0.6) is 5.75 Å². The number of ether oxygens (including phenoxy) is 2. The average Bonchev–Trinajstić information content (AvgIpc) is 2.52. The highest BCUT2D eigenvalue weighted by molar-refractivity contribution is 5.77. The van der Waals surface area contributed by atoms with E-state index >= 15 is 0 Å². The van der Waals surface area contributed by atoms with E-state index in [9.17, 15) is 9.90 Å². The normalized spacial score (nSPS) is 26.4. The van der Waals surface area contributed by atoms with E-state index in [-0.39, 0.29) is 0 Å². The van der Waals surface area contributed by atoms with Gasteiger partial charge in [-0.05, 0) is 38.1 Å². The van der Waals surface area contributed by atoms with Crippen LogP contribution < -0.4 is 10.4 Å². The van der Waals surface area contributed by atoms with Crippen molar-refractivity contribution >= 4 is 11.0 Å². The van der Waals surface area contributed by atoms with Crippen LogP contribution in [0.25, 0.3) is 11.0 Å². The zero-order valence-electron chi connectivity index (χ0n) is 13.7. The first-order valence-electron chi connectivity index (χ1n) is 7.64. The van der Waals surface area contributed by atoms with Crippen LogP contribution in [0.3, 0.4) is 0 Å². The highest BCUT2D eigenvalue weighted by atomic mass is 17.2. The molecule has 1 aliphatic heterocycles. The molecule has 7 nitrogen and oxygen atoms in total. The van der Waals surface area contributed by atoms with Crippen molar-refractivity contribution in [1.82, 2.24) is 0 Å². The standard InChI is InChI=1S/C17H20O7/c1-17(2)9-13(24-20-3)15(19)16(23-17)21-11-5-6-12-10(8-11)4-7-14(18)22-12/h4-8,13,15-16,19H,9H2,1-3H3. The van der Waals surface area contributed by atoms with E-state index < -0.39 is 29.7 Å². The monoisotopic (exact) mass is 336 g/mol. The number of rotatable bonds is 4. The molecule has 0 saturated carbocycles. The number of aliphatic hydroxyl groups is 1. The summed E-state index contributed by atoms with van der Waals surface area (Å²) in [7, 11) is 1.39. The molecule has 0 radical (unpaired) electrons. The van der Waals surface area contributed by atoms with Gasteiger partial charge in [0.05, 0.1) is 12.7 Å². The summed E-state index contributed by atoms with van der Waals surface area (Å²) < 4.78 is 16.7. The molecule has 130 valence electrons. The van der Waals surface area contributed by atoms with Crippen LogP contribution in [0.15, 0.2) is 39.5 Å². The van der Waals surface area contributed by atoms with Crippen molar-refractivity contribution in [2.75, 3.05) is 7.11 Å². The molecule has 3 rings (SSSR count). The summed E-state index contributed by atoms with van der Waals surface area (Å²) in [5.74, 6) is 0.481. The number of aliphatic hydroxyl groups excluding tert-OH is 1. The second-order valence-corrected chi connectivity index (χ2v) is 6.31. The number of hydrogen-bond acceptors (Lipinski definition) is 7. The van der Waals surface area contributed by atoms with Gasteiger partial charge in [-0.15, -0.1) is 0 Å². The lowest BCUT2D eigenvalue weighted by Gasteiger charge is -2.42. The first-order chi connectivity index (χ1) is 11.4. The Morgan fingerprint density at radius 3 is 2.79 bits per heavy atom. The Bertz CT molecular complexity index is 767. The summed E-state index contributed by atoms with van der Waals surface area (Å²) in [6, 6.07) is 7.98. The second kappa shape index (κ2) is 6.52. The minimum atomic E-state index is -1.01. The third-order valence-corrected chi connectivity index (χ3v) is 3.85. The molecular formula is C17H20O7. The average molecular weight is 336 g/mol. The number of hydrogen-bond donors (Lipinski definition) is 1. The van der Waals surface area contributed by atoms with Gasteiger partial charge in [0.2, 0.25) is 6.29 Å². The van der Waals surface area contributed by atoms with Crippen LogP contribution in [-0.2, 0) is 14.5 Å². The van der Waals surface area contributed by atoms with Gasteiger partial charge in [0.15, 0.2) is 0 Å². The fourth-order valence-corrected chi connectivity index (χ4v) is 2.78. The van der Waals surface area contributed by atoms with Gasteiger partial charge in [0, 0.05) is 17.9 Å². The smallest absolute Gasteiger partial charge is 0.336 e. The number of fused-ring (bicyclic) bond motifs is 1.